The summed E-state index contributed by atoms with van der Waals surface area (Å²) in [6.45, 7) is 9.29. The number of hydrogen-bond acceptors (Lipinski definition) is 4. The molecule has 1 heterocycles. The van der Waals surface area contributed by atoms with E-state index in [2.05, 4.69) is 13.0 Å². The van der Waals surface area contributed by atoms with Crippen molar-refractivity contribution in [2.24, 2.45) is 0 Å². The zero-order valence-corrected chi connectivity index (χ0v) is 15.0. The summed E-state index contributed by atoms with van der Waals surface area (Å²) >= 11 is 0. The number of nitrogens with zero attached hydrogens (tertiary/aromatic N) is 2. The largest absolute Gasteiger partial charge is 0.444 e. The van der Waals surface area contributed by atoms with Gasteiger partial charge in [-0.05, 0) is 51.3 Å². The highest BCUT2D eigenvalue weighted by atomic mass is 16.6. The molecular formula is C19H26N2O3. The second kappa shape index (κ2) is 7.23. The molecule has 0 radical (unpaired) electrons. The molecule has 0 aliphatic carbocycles. The first kappa shape index (κ1) is 18.3. The van der Waals surface area contributed by atoms with Crippen molar-refractivity contribution in [3.05, 3.63) is 35.4 Å². The Morgan fingerprint density at radius 3 is 2.79 bits per heavy atom. The fourth-order valence-electron chi connectivity index (χ4n) is 2.80. The molecule has 2 rings (SSSR count). The van der Waals surface area contributed by atoms with Gasteiger partial charge in [0.15, 0.2) is 0 Å². The summed E-state index contributed by atoms with van der Waals surface area (Å²) in [5.74, 6) is 0. The van der Waals surface area contributed by atoms with Gasteiger partial charge in [-0.15, -0.1) is 0 Å². The Hall–Kier alpha value is -2.06. The lowest BCUT2D eigenvalue weighted by atomic mass is 9.99. The molecule has 24 heavy (non-hydrogen) atoms. The Morgan fingerprint density at radius 1 is 1.42 bits per heavy atom. The van der Waals surface area contributed by atoms with Crippen LogP contribution >= 0.6 is 0 Å². The number of carbonyl (C=O) groups excluding carboxylic acids is 1. The first-order chi connectivity index (χ1) is 11.3. The van der Waals surface area contributed by atoms with Crippen molar-refractivity contribution in [2.75, 3.05) is 13.1 Å². The van der Waals surface area contributed by atoms with Crippen LogP contribution in [0.15, 0.2) is 24.3 Å². The highest BCUT2D eigenvalue weighted by molar-refractivity contribution is 5.68. The number of ether oxygens (including phenoxy) is 2. The van der Waals surface area contributed by atoms with E-state index >= 15 is 0 Å². The van der Waals surface area contributed by atoms with Crippen LogP contribution in [0, 0.1) is 11.3 Å². The highest BCUT2D eigenvalue weighted by Crippen LogP contribution is 2.31. The minimum absolute atomic E-state index is 0.284. The predicted molar refractivity (Wildman–Crippen MR) is 91.4 cm³/mol. The highest BCUT2D eigenvalue weighted by Gasteiger charge is 2.40. The molecule has 1 amide bonds. The average molecular weight is 330 g/mol. The molecule has 130 valence electrons. The third kappa shape index (κ3) is 4.72. The van der Waals surface area contributed by atoms with Gasteiger partial charge in [0, 0.05) is 6.54 Å². The first-order valence-electron chi connectivity index (χ1n) is 8.38. The lowest BCUT2D eigenvalue weighted by Crippen LogP contribution is -2.40. The summed E-state index contributed by atoms with van der Waals surface area (Å²) in [6, 6.07) is 9.56. The number of amides is 1. The fraction of sp³-hybridized carbons (Fsp3) is 0.579. The van der Waals surface area contributed by atoms with E-state index < -0.39 is 5.60 Å². The summed E-state index contributed by atoms with van der Waals surface area (Å²) in [7, 11) is 0. The molecule has 0 spiro atoms. The number of benzene rings is 1. The Bertz CT molecular complexity index is 630. The van der Waals surface area contributed by atoms with Crippen LogP contribution in [0.4, 0.5) is 4.79 Å². The molecule has 1 unspecified atom stereocenters. The van der Waals surface area contributed by atoms with Crippen molar-refractivity contribution in [1.82, 2.24) is 4.90 Å². The van der Waals surface area contributed by atoms with Gasteiger partial charge in [0.1, 0.15) is 5.60 Å². The van der Waals surface area contributed by atoms with E-state index in [-0.39, 0.29) is 11.7 Å². The van der Waals surface area contributed by atoms with Crippen LogP contribution in [0.25, 0.3) is 0 Å². The number of carbonyl (C=O) groups is 1. The molecule has 1 aromatic carbocycles. The molecule has 1 aliphatic rings. The van der Waals surface area contributed by atoms with E-state index in [4.69, 9.17) is 14.7 Å². The fourth-order valence-corrected chi connectivity index (χ4v) is 2.80. The molecule has 0 saturated carbocycles. The first-order valence-corrected chi connectivity index (χ1v) is 8.38. The van der Waals surface area contributed by atoms with Crippen LogP contribution in [0.1, 0.15) is 51.7 Å². The molecule has 1 aromatic rings. The standard InChI is InChI=1S/C19H26N2O3/c1-5-19(23-13-16-8-6-7-15(11-16)12-20)9-10-21(14-19)17(22)24-18(2,3)4/h6-8,11H,5,9-10,13-14H2,1-4H3. The normalized spacial score (nSPS) is 20.7. The molecule has 5 nitrogen and oxygen atoms in total. The topological polar surface area (TPSA) is 62.6 Å². The average Bonchev–Trinajstić information content (AvgIpc) is 2.97. The Balaban J connectivity index is 1.98. The van der Waals surface area contributed by atoms with Gasteiger partial charge >= 0.3 is 6.09 Å². The van der Waals surface area contributed by atoms with Crippen LogP contribution in [0.5, 0.6) is 0 Å². The predicted octanol–water partition coefficient (Wildman–Crippen LogP) is 3.86. The van der Waals surface area contributed by atoms with Crippen LogP contribution in [0.3, 0.4) is 0 Å². The van der Waals surface area contributed by atoms with Gasteiger partial charge in [-0.3, -0.25) is 0 Å². The van der Waals surface area contributed by atoms with Crippen LogP contribution < -0.4 is 0 Å². The number of hydrogen-bond donors (Lipinski definition) is 0. The van der Waals surface area contributed by atoms with Crippen molar-refractivity contribution >= 4 is 6.09 Å². The SMILES string of the molecule is CCC1(OCc2cccc(C#N)c2)CCN(C(=O)OC(C)(C)C)C1. The van der Waals surface area contributed by atoms with E-state index in [9.17, 15) is 4.79 Å². The molecule has 1 saturated heterocycles. The van der Waals surface area contributed by atoms with E-state index in [1.807, 2.05) is 39.0 Å². The van der Waals surface area contributed by atoms with Crippen LogP contribution in [0.2, 0.25) is 0 Å². The maximum absolute atomic E-state index is 12.2. The molecule has 0 N–H and O–H groups in total. The summed E-state index contributed by atoms with van der Waals surface area (Å²) in [5, 5.41) is 8.98. The number of nitriles is 1. The van der Waals surface area contributed by atoms with Gasteiger partial charge in [-0.1, -0.05) is 19.1 Å². The number of rotatable bonds is 4. The molecular weight excluding hydrogens is 304 g/mol. The lowest BCUT2D eigenvalue weighted by molar-refractivity contribution is -0.0527. The van der Waals surface area contributed by atoms with Crippen molar-refractivity contribution in [3.63, 3.8) is 0 Å². The molecule has 1 fully saturated rings. The van der Waals surface area contributed by atoms with Crippen LogP contribution in [-0.4, -0.2) is 35.3 Å². The van der Waals surface area contributed by atoms with Crippen molar-refractivity contribution in [3.8, 4) is 6.07 Å². The zero-order chi connectivity index (χ0) is 17.8. The number of likely N-dealkylation sites (tertiary alicyclic amines) is 1. The van der Waals surface area contributed by atoms with Crippen LogP contribution in [-0.2, 0) is 16.1 Å². The Morgan fingerprint density at radius 2 is 2.17 bits per heavy atom. The zero-order valence-electron chi connectivity index (χ0n) is 15.0. The van der Waals surface area contributed by atoms with Gasteiger partial charge in [0.05, 0.1) is 30.4 Å². The minimum Gasteiger partial charge on any atom is -0.444 e. The lowest BCUT2D eigenvalue weighted by Gasteiger charge is -2.29. The summed E-state index contributed by atoms with van der Waals surface area (Å²) < 4.78 is 11.6. The Kier molecular flexibility index (Phi) is 5.51. The van der Waals surface area contributed by atoms with Gasteiger partial charge < -0.3 is 14.4 Å². The molecule has 1 atom stereocenters. The van der Waals surface area contributed by atoms with E-state index in [0.717, 1.165) is 18.4 Å². The van der Waals surface area contributed by atoms with Crippen molar-refractivity contribution in [1.29, 1.82) is 5.26 Å². The summed E-state index contributed by atoms with van der Waals surface area (Å²) in [4.78, 5) is 14.0. The Labute approximate surface area is 144 Å². The molecule has 0 bridgehead atoms. The van der Waals surface area contributed by atoms with Gasteiger partial charge in [0.25, 0.3) is 0 Å². The van der Waals surface area contributed by atoms with E-state index in [1.165, 1.54) is 0 Å². The summed E-state index contributed by atoms with van der Waals surface area (Å²) in [6.07, 6.45) is 1.33. The van der Waals surface area contributed by atoms with Crippen molar-refractivity contribution < 1.29 is 14.3 Å². The summed E-state index contributed by atoms with van der Waals surface area (Å²) in [5.41, 5.74) is 0.758. The third-order valence-corrected chi connectivity index (χ3v) is 4.21. The quantitative estimate of drug-likeness (QED) is 0.841. The third-order valence-electron chi connectivity index (χ3n) is 4.21. The maximum Gasteiger partial charge on any atom is 0.410 e. The second-order valence-corrected chi connectivity index (χ2v) is 7.29. The smallest absolute Gasteiger partial charge is 0.410 e. The van der Waals surface area contributed by atoms with Gasteiger partial charge in [-0.2, -0.15) is 5.26 Å². The van der Waals surface area contributed by atoms with Crippen molar-refractivity contribution in [2.45, 2.75) is 58.3 Å². The van der Waals surface area contributed by atoms with E-state index in [0.29, 0.717) is 25.3 Å². The monoisotopic (exact) mass is 330 g/mol. The van der Waals surface area contributed by atoms with E-state index in [1.54, 1.807) is 11.0 Å². The molecule has 0 aromatic heterocycles. The van der Waals surface area contributed by atoms with Gasteiger partial charge in [0.2, 0.25) is 0 Å². The second-order valence-electron chi connectivity index (χ2n) is 7.29. The van der Waals surface area contributed by atoms with Gasteiger partial charge in [-0.25, -0.2) is 4.79 Å². The molecule has 5 heteroatoms. The maximum atomic E-state index is 12.2. The molecule has 1 aliphatic heterocycles. The minimum atomic E-state index is -0.493.